The van der Waals surface area contributed by atoms with E-state index in [-0.39, 0.29) is 12.2 Å². The number of nitrogens with one attached hydrogen (secondary N) is 1. The van der Waals surface area contributed by atoms with Crippen molar-refractivity contribution in [3.8, 4) is 11.4 Å². The molecule has 7 nitrogen and oxygen atoms in total. The van der Waals surface area contributed by atoms with Gasteiger partial charge in [0.15, 0.2) is 0 Å². The molecule has 2 aromatic carbocycles. The van der Waals surface area contributed by atoms with Crippen LogP contribution < -0.4 is 21.3 Å². The van der Waals surface area contributed by atoms with Crippen molar-refractivity contribution in [2.45, 2.75) is 32.2 Å². The number of carbonyl (C=O) groups is 1. The molecule has 174 valence electrons. The highest BCUT2D eigenvalue weighted by molar-refractivity contribution is 7.18. The first-order valence-electron chi connectivity index (χ1n) is 11.0. The van der Waals surface area contributed by atoms with Crippen LogP contribution in [0.25, 0.3) is 15.9 Å². The predicted octanol–water partition coefficient (Wildman–Crippen LogP) is 3.88. The highest BCUT2D eigenvalue weighted by atomic mass is 32.1. The lowest BCUT2D eigenvalue weighted by Crippen LogP contribution is -2.40. The molecule has 0 spiro atoms. The number of ether oxygens (including phenoxy) is 1. The topological polar surface area (TPSA) is 82.3 Å². The zero-order valence-electron chi connectivity index (χ0n) is 18.5. The van der Waals surface area contributed by atoms with Crippen LogP contribution in [0.15, 0.2) is 58.1 Å². The van der Waals surface area contributed by atoms with E-state index in [1.54, 1.807) is 30.3 Å². The SMILES string of the molecule is COc1ccc(-n2c(=O)c3c4c(sc3n(CC(=O)Nc3ccccc3F)c2=O)CCCC4)cc1. The number of methoxy groups -OCH3 is 1. The maximum atomic E-state index is 14.0. The van der Waals surface area contributed by atoms with Crippen LogP contribution in [0.4, 0.5) is 10.1 Å². The van der Waals surface area contributed by atoms with E-state index in [1.165, 1.54) is 41.2 Å². The molecule has 9 heteroatoms. The molecular weight excluding hydrogens is 457 g/mol. The molecule has 0 saturated carbocycles. The number of fused-ring (bicyclic) bond motifs is 3. The number of aromatic nitrogens is 2. The quantitative estimate of drug-likeness (QED) is 0.471. The third-order valence-electron chi connectivity index (χ3n) is 6.02. The molecule has 0 bridgehead atoms. The molecule has 0 atom stereocenters. The standard InChI is InChI=1S/C25H22FN3O4S/c1-33-16-12-10-15(11-13-16)29-23(31)22-17-6-2-5-9-20(17)34-24(22)28(25(29)32)14-21(30)27-19-8-4-3-7-18(19)26/h3-4,7-8,10-13H,2,5-6,9,14H2,1H3,(H,27,30). The number of hydrogen-bond donors (Lipinski definition) is 1. The minimum atomic E-state index is -0.620. The van der Waals surface area contributed by atoms with Gasteiger partial charge in [0.2, 0.25) is 5.91 Å². The molecule has 34 heavy (non-hydrogen) atoms. The van der Waals surface area contributed by atoms with Gasteiger partial charge in [0.25, 0.3) is 5.56 Å². The van der Waals surface area contributed by atoms with E-state index >= 15 is 0 Å². The van der Waals surface area contributed by atoms with Gasteiger partial charge in [-0.2, -0.15) is 0 Å². The third-order valence-corrected chi connectivity index (χ3v) is 7.33. The highest BCUT2D eigenvalue weighted by Gasteiger charge is 2.25. The summed E-state index contributed by atoms with van der Waals surface area (Å²) in [6.45, 7) is -0.348. The zero-order valence-corrected chi connectivity index (χ0v) is 19.3. The van der Waals surface area contributed by atoms with E-state index in [0.717, 1.165) is 40.7 Å². The van der Waals surface area contributed by atoms with Crippen molar-refractivity contribution in [3.63, 3.8) is 0 Å². The van der Waals surface area contributed by atoms with Gasteiger partial charge >= 0.3 is 5.69 Å². The highest BCUT2D eigenvalue weighted by Crippen LogP contribution is 2.34. The molecule has 2 aromatic heterocycles. The Labute approximate surface area is 198 Å². The van der Waals surface area contributed by atoms with Gasteiger partial charge in [0, 0.05) is 4.88 Å². The molecular formula is C25H22FN3O4S. The molecule has 0 unspecified atom stereocenters. The van der Waals surface area contributed by atoms with Crippen LogP contribution >= 0.6 is 11.3 Å². The molecule has 0 aliphatic heterocycles. The summed E-state index contributed by atoms with van der Waals surface area (Å²) in [7, 11) is 1.53. The lowest BCUT2D eigenvalue weighted by atomic mass is 9.97. The number of thiophene rings is 1. The Morgan fingerprint density at radius 3 is 2.56 bits per heavy atom. The average Bonchev–Trinajstić information content (AvgIpc) is 3.23. The second-order valence-electron chi connectivity index (χ2n) is 8.13. The summed E-state index contributed by atoms with van der Waals surface area (Å²) in [5, 5.41) is 3.01. The van der Waals surface area contributed by atoms with Crippen LogP contribution in [0.2, 0.25) is 0 Å². The van der Waals surface area contributed by atoms with Gasteiger partial charge in [-0.1, -0.05) is 12.1 Å². The van der Waals surface area contributed by atoms with E-state index < -0.39 is 23.0 Å². The van der Waals surface area contributed by atoms with Gasteiger partial charge in [0.1, 0.15) is 22.9 Å². The Bertz CT molecular complexity index is 1520. The Hall–Kier alpha value is -3.72. The average molecular weight is 480 g/mol. The molecule has 1 N–H and O–H groups in total. The summed E-state index contributed by atoms with van der Waals surface area (Å²) in [5.74, 6) is -0.529. The zero-order chi connectivity index (χ0) is 23.8. The number of rotatable bonds is 5. The first-order chi connectivity index (χ1) is 16.5. The van der Waals surface area contributed by atoms with Crippen molar-refractivity contribution in [1.29, 1.82) is 0 Å². The number of hydrogen-bond acceptors (Lipinski definition) is 5. The van der Waals surface area contributed by atoms with E-state index in [0.29, 0.717) is 21.7 Å². The van der Waals surface area contributed by atoms with Gasteiger partial charge in [-0.3, -0.25) is 14.2 Å². The number of amides is 1. The van der Waals surface area contributed by atoms with Crippen molar-refractivity contribution < 1.29 is 13.9 Å². The van der Waals surface area contributed by atoms with Crippen molar-refractivity contribution >= 4 is 33.1 Å². The smallest absolute Gasteiger partial charge is 0.337 e. The number of aryl methyl sites for hydroxylation is 2. The first-order valence-corrected chi connectivity index (χ1v) is 11.8. The van der Waals surface area contributed by atoms with Gasteiger partial charge in [-0.05, 0) is 67.6 Å². The lowest BCUT2D eigenvalue weighted by molar-refractivity contribution is -0.116. The van der Waals surface area contributed by atoms with Gasteiger partial charge < -0.3 is 10.1 Å². The first kappa shape index (κ1) is 22.1. The Morgan fingerprint density at radius 2 is 1.82 bits per heavy atom. The van der Waals surface area contributed by atoms with Crippen LogP contribution in [0.5, 0.6) is 5.75 Å². The number of anilines is 1. The largest absolute Gasteiger partial charge is 0.497 e. The second-order valence-corrected chi connectivity index (χ2v) is 9.21. The van der Waals surface area contributed by atoms with E-state index in [1.807, 2.05) is 0 Å². The minimum Gasteiger partial charge on any atom is -0.497 e. The minimum absolute atomic E-state index is 0.0331. The molecule has 2 heterocycles. The fourth-order valence-corrected chi connectivity index (χ4v) is 5.74. The third kappa shape index (κ3) is 3.81. The number of nitrogens with zero attached hydrogens (tertiary/aromatic N) is 2. The Kier molecular flexibility index (Phi) is 5.79. The fourth-order valence-electron chi connectivity index (χ4n) is 4.36. The van der Waals surface area contributed by atoms with Crippen LogP contribution in [-0.2, 0) is 24.2 Å². The maximum absolute atomic E-state index is 14.0. The molecule has 1 amide bonds. The Morgan fingerprint density at radius 1 is 1.09 bits per heavy atom. The number of para-hydroxylation sites is 1. The van der Waals surface area contributed by atoms with Gasteiger partial charge in [-0.15, -0.1) is 11.3 Å². The summed E-state index contributed by atoms with van der Waals surface area (Å²) < 4.78 is 21.6. The summed E-state index contributed by atoms with van der Waals surface area (Å²) >= 11 is 1.39. The van der Waals surface area contributed by atoms with Gasteiger partial charge in [-0.25, -0.2) is 13.8 Å². The van der Waals surface area contributed by atoms with Crippen molar-refractivity contribution in [1.82, 2.24) is 9.13 Å². The molecule has 0 fully saturated rings. The summed E-state index contributed by atoms with van der Waals surface area (Å²) in [6, 6.07) is 12.4. The summed E-state index contributed by atoms with van der Waals surface area (Å²) in [6.07, 6.45) is 3.58. The van der Waals surface area contributed by atoms with Crippen molar-refractivity contribution in [2.75, 3.05) is 12.4 Å². The van der Waals surface area contributed by atoms with Crippen LogP contribution in [0.3, 0.4) is 0 Å². The number of halogens is 1. The van der Waals surface area contributed by atoms with Crippen LogP contribution in [0, 0.1) is 5.82 Å². The number of benzene rings is 2. The van der Waals surface area contributed by atoms with Crippen molar-refractivity contribution in [2.24, 2.45) is 0 Å². The van der Waals surface area contributed by atoms with Gasteiger partial charge in [0.05, 0.1) is 23.9 Å². The van der Waals surface area contributed by atoms with E-state index in [9.17, 15) is 18.8 Å². The molecule has 4 aromatic rings. The number of carbonyl (C=O) groups excluding carboxylic acids is 1. The van der Waals surface area contributed by atoms with Crippen LogP contribution in [-0.4, -0.2) is 22.2 Å². The molecule has 1 aliphatic carbocycles. The molecule has 0 radical (unpaired) electrons. The maximum Gasteiger partial charge on any atom is 0.337 e. The molecule has 5 rings (SSSR count). The molecule has 1 aliphatic rings. The summed E-state index contributed by atoms with van der Waals surface area (Å²) in [4.78, 5) is 41.6. The van der Waals surface area contributed by atoms with Crippen LogP contribution in [0.1, 0.15) is 23.3 Å². The molecule has 0 saturated heterocycles. The summed E-state index contributed by atoms with van der Waals surface area (Å²) in [5.41, 5.74) is 0.365. The van der Waals surface area contributed by atoms with E-state index in [4.69, 9.17) is 4.74 Å². The monoisotopic (exact) mass is 479 g/mol. The normalized spacial score (nSPS) is 13.0. The Balaban J connectivity index is 1.67. The predicted molar refractivity (Wildman–Crippen MR) is 130 cm³/mol. The second kappa shape index (κ2) is 8.90. The van der Waals surface area contributed by atoms with Crippen molar-refractivity contribution in [3.05, 3.63) is 85.6 Å². The fraction of sp³-hybridized carbons (Fsp3) is 0.240. The lowest BCUT2D eigenvalue weighted by Gasteiger charge is -2.14. The van der Waals surface area contributed by atoms with E-state index in [2.05, 4.69) is 5.32 Å².